The van der Waals surface area contributed by atoms with Crippen molar-refractivity contribution in [3.63, 3.8) is 0 Å². The minimum Gasteiger partial charge on any atom is -0.447 e. The van der Waals surface area contributed by atoms with Crippen LogP contribution in [-0.4, -0.2) is 41.3 Å². The molecule has 3 fully saturated rings. The van der Waals surface area contributed by atoms with Gasteiger partial charge in [-0.05, 0) is 45.9 Å². The van der Waals surface area contributed by atoms with E-state index in [0.29, 0.717) is 6.07 Å². The Kier molecular flexibility index (Phi) is 5.02. The number of nitriles is 1. The number of ether oxygens (including phenoxy) is 2. The average molecular weight is 465 g/mol. The fourth-order valence-electron chi connectivity index (χ4n) is 5.40. The van der Waals surface area contributed by atoms with Crippen molar-refractivity contribution in [3.05, 3.63) is 29.3 Å². The lowest BCUT2D eigenvalue weighted by atomic mass is 9.66. The van der Waals surface area contributed by atoms with Gasteiger partial charge in [-0.2, -0.15) is 18.4 Å². The van der Waals surface area contributed by atoms with Gasteiger partial charge < -0.3 is 14.8 Å². The number of nitrogens with one attached hydrogen (secondary N) is 1. The number of alkyl carbamates (subject to hydrolysis) is 1. The zero-order valence-electron chi connectivity index (χ0n) is 18.3. The van der Waals surface area contributed by atoms with Gasteiger partial charge in [0.1, 0.15) is 0 Å². The van der Waals surface area contributed by atoms with Crippen LogP contribution in [0.3, 0.4) is 0 Å². The van der Waals surface area contributed by atoms with E-state index in [1.54, 1.807) is 27.7 Å². The minimum atomic E-state index is -4.84. The van der Waals surface area contributed by atoms with Crippen molar-refractivity contribution >= 4 is 23.6 Å². The van der Waals surface area contributed by atoms with Gasteiger partial charge in [0.2, 0.25) is 11.8 Å². The first-order chi connectivity index (χ1) is 15.2. The van der Waals surface area contributed by atoms with Crippen LogP contribution in [0, 0.1) is 23.2 Å². The van der Waals surface area contributed by atoms with Gasteiger partial charge in [-0.1, -0.05) is 0 Å². The van der Waals surface area contributed by atoms with E-state index in [-0.39, 0.29) is 18.2 Å². The maximum Gasteiger partial charge on any atom is 0.417 e. The molecule has 5 atom stereocenters. The Bertz CT molecular complexity index is 1100. The summed E-state index contributed by atoms with van der Waals surface area (Å²) in [4.78, 5) is 39.6. The molecule has 2 bridgehead atoms. The van der Waals surface area contributed by atoms with Gasteiger partial charge in [0.25, 0.3) is 0 Å². The Morgan fingerprint density at radius 3 is 2.48 bits per heavy atom. The molecule has 33 heavy (non-hydrogen) atoms. The first-order valence-electron chi connectivity index (χ1n) is 10.4. The van der Waals surface area contributed by atoms with Crippen molar-refractivity contribution in [1.29, 1.82) is 5.26 Å². The maximum atomic E-state index is 13.4. The maximum absolute atomic E-state index is 13.4. The molecular formula is C22H22F3N3O5. The Hall–Kier alpha value is -3.13. The highest BCUT2D eigenvalue weighted by Crippen LogP contribution is 2.61. The molecule has 3 saturated heterocycles. The average Bonchev–Trinajstić information content (AvgIpc) is 3.21. The van der Waals surface area contributed by atoms with Crippen LogP contribution in [0.4, 0.5) is 23.7 Å². The van der Waals surface area contributed by atoms with Crippen LogP contribution in [0.5, 0.6) is 0 Å². The van der Waals surface area contributed by atoms with Crippen LogP contribution in [0.2, 0.25) is 0 Å². The Morgan fingerprint density at radius 1 is 1.27 bits per heavy atom. The number of halogens is 3. The number of nitrogens with zero attached hydrogens (tertiary/aromatic N) is 2. The zero-order chi connectivity index (χ0) is 24.5. The molecule has 3 heterocycles. The summed E-state index contributed by atoms with van der Waals surface area (Å²) >= 11 is 0. The number of rotatable bonds is 3. The molecule has 1 aromatic carbocycles. The lowest BCUT2D eigenvalue weighted by Gasteiger charge is -2.35. The normalized spacial score (nSPS) is 32.8. The van der Waals surface area contributed by atoms with Gasteiger partial charge in [-0.3, -0.25) is 9.59 Å². The second-order valence-electron chi connectivity index (χ2n) is 9.26. The summed E-state index contributed by atoms with van der Waals surface area (Å²) in [7, 11) is 0. The number of amides is 3. The van der Waals surface area contributed by atoms with Gasteiger partial charge in [0.05, 0.1) is 58.1 Å². The smallest absolute Gasteiger partial charge is 0.417 e. The molecule has 0 aliphatic carbocycles. The summed E-state index contributed by atoms with van der Waals surface area (Å²) in [5.74, 6) is -3.30. The predicted octanol–water partition coefficient (Wildman–Crippen LogP) is 3.14. The molecule has 1 aromatic rings. The van der Waals surface area contributed by atoms with Crippen LogP contribution in [0.25, 0.3) is 0 Å². The number of anilines is 1. The molecular weight excluding hydrogens is 443 g/mol. The number of alkyl halides is 3. The number of hydrogen-bond acceptors (Lipinski definition) is 6. The molecule has 3 aliphatic heterocycles. The van der Waals surface area contributed by atoms with Gasteiger partial charge in [0.15, 0.2) is 0 Å². The molecule has 4 rings (SSSR count). The lowest BCUT2D eigenvalue weighted by molar-refractivity contribution is -0.138. The summed E-state index contributed by atoms with van der Waals surface area (Å²) in [6.45, 7) is 6.62. The predicted molar refractivity (Wildman–Crippen MR) is 107 cm³/mol. The Balaban J connectivity index is 1.70. The topological polar surface area (TPSA) is 109 Å². The Morgan fingerprint density at radius 2 is 1.91 bits per heavy atom. The van der Waals surface area contributed by atoms with E-state index in [4.69, 9.17) is 14.7 Å². The SMILES string of the molecule is CC(C)OC(=O)N[C@H]1CC2(C)OC1(C)[C@H]1C(=O)N(c3ccc(C#N)c(C(F)(F)F)c3)C(=O)[C@H]12. The number of imide groups is 1. The van der Waals surface area contributed by atoms with Gasteiger partial charge in [-0.25, -0.2) is 9.69 Å². The molecule has 0 saturated carbocycles. The molecule has 1 N–H and O–H groups in total. The van der Waals surface area contributed by atoms with E-state index in [9.17, 15) is 27.6 Å². The van der Waals surface area contributed by atoms with Crippen LogP contribution >= 0.6 is 0 Å². The Labute approximate surface area is 187 Å². The van der Waals surface area contributed by atoms with E-state index >= 15 is 0 Å². The van der Waals surface area contributed by atoms with E-state index in [1.165, 1.54) is 6.07 Å². The fourth-order valence-corrected chi connectivity index (χ4v) is 5.40. The number of fused-ring (bicyclic) bond motifs is 5. The molecule has 3 aliphatic rings. The standard InChI is InChI=1S/C22H22F3N3O5/c1-10(2)32-19(31)27-14-8-20(3)15-16(21(14,4)33-20)18(30)28(17(15)29)12-6-5-11(9-26)13(7-12)22(23,24)25/h5-7,10,14-16H,8H2,1-4H3,(H,27,31)/t14-,15-,16+,20?,21?/m0/s1. The zero-order valence-corrected chi connectivity index (χ0v) is 18.3. The molecule has 0 spiro atoms. The number of carbonyl (C=O) groups excluding carboxylic acids is 3. The minimum absolute atomic E-state index is 0.228. The van der Waals surface area contributed by atoms with E-state index in [1.807, 2.05) is 0 Å². The van der Waals surface area contributed by atoms with Crippen molar-refractivity contribution < 1.29 is 37.0 Å². The summed E-state index contributed by atoms with van der Waals surface area (Å²) < 4.78 is 51.5. The summed E-state index contributed by atoms with van der Waals surface area (Å²) in [5.41, 5.74) is -4.46. The molecule has 176 valence electrons. The highest BCUT2D eigenvalue weighted by molar-refractivity contribution is 6.23. The van der Waals surface area contributed by atoms with Crippen LogP contribution in [0.15, 0.2) is 18.2 Å². The van der Waals surface area contributed by atoms with Gasteiger partial charge >= 0.3 is 12.3 Å². The molecule has 0 radical (unpaired) electrons. The number of carbonyl (C=O) groups is 3. The highest BCUT2D eigenvalue weighted by atomic mass is 19.4. The quantitative estimate of drug-likeness (QED) is 0.687. The number of hydrogen-bond donors (Lipinski definition) is 1. The molecule has 11 heteroatoms. The lowest BCUT2D eigenvalue weighted by Crippen LogP contribution is -2.56. The van der Waals surface area contributed by atoms with Crippen molar-refractivity contribution in [1.82, 2.24) is 5.32 Å². The van der Waals surface area contributed by atoms with Crippen LogP contribution < -0.4 is 10.2 Å². The van der Waals surface area contributed by atoms with Gasteiger partial charge in [-0.15, -0.1) is 0 Å². The van der Waals surface area contributed by atoms with Crippen molar-refractivity contribution in [2.45, 2.75) is 63.6 Å². The summed E-state index contributed by atoms with van der Waals surface area (Å²) in [6, 6.07) is 3.56. The van der Waals surface area contributed by atoms with Crippen LogP contribution in [0.1, 0.15) is 45.2 Å². The van der Waals surface area contributed by atoms with Gasteiger partial charge in [0, 0.05) is 6.42 Å². The summed E-state index contributed by atoms with van der Waals surface area (Å²) in [5, 5.41) is 11.7. The summed E-state index contributed by atoms with van der Waals surface area (Å²) in [6.07, 6.45) is -5.67. The van der Waals surface area contributed by atoms with Crippen molar-refractivity contribution in [2.75, 3.05) is 4.90 Å². The van der Waals surface area contributed by atoms with Crippen LogP contribution in [-0.2, 0) is 25.2 Å². The fraction of sp³-hybridized carbons (Fsp3) is 0.545. The monoisotopic (exact) mass is 465 g/mol. The second-order valence-corrected chi connectivity index (χ2v) is 9.26. The molecule has 2 unspecified atom stereocenters. The van der Waals surface area contributed by atoms with Crippen molar-refractivity contribution in [3.8, 4) is 6.07 Å². The van der Waals surface area contributed by atoms with Crippen molar-refractivity contribution in [2.24, 2.45) is 11.8 Å². The first kappa shape index (κ1) is 23.0. The second kappa shape index (κ2) is 7.18. The third kappa shape index (κ3) is 3.35. The van der Waals surface area contributed by atoms with E-state index in [2.05, 4.69) is 5.32 Å². The van der Waals surface area contributed by atoms with E-state index < -0.39 is 64.3 Å². The van der Waals surface area contributed by atoms with E-state index in [0.717, 1.165) is 17.0 Å². The molecule has 8 nitrogen and oxygen atoms in total. The third-order valence-electron chi connectivity index (χ3n) is 6.66. The largest absolute Gasteiger partial charge is 0.447 e. The first-order valence-corrected chi connectivity index (χ1v) is 10.4. The molecule has 3 amide bonds. The number of benzene rings is 1. The molecule has 0 aromatic heterocycles. The third-order valence-corrected chi connectivity index (χ3v) is 6.66. The highest BCUT2D eigenvalue weighted by Gasteiger charge is 2.76.